The number of hydrogen-bond donors (Lipinski definition) is 2. The van der Waals surface area contributed by atoms with E-state index in [1.807, 2.05) is 6.26 Å². The number of rotatable bonds is 8. The van der Waals surface area contributed by atoms with E-state index < -0.39 is 6.04 Å². The van der Waals surface area contributed by atoms with Crippen molar-refractivity contribution in [2.24, 2.45) is 5.73 Å². The summed E-state index contributed by atoms with van der Waals surface area (Å²) in [5, 5.41) is 3.16. The molecule has 0 aliphatic carbocycles. The summed E-state index contributed by atoms with van der Waals surface area (Å²) in [5.74, 6) is 1.07. The minimum Gasteiger partial charge on any atom is -0.475 e. The molecule has 1 rings (SSSR count). The zero-order valence-electron chi connectivity index (χ0n) is 10.8. The van der Waals surface area contributed by atoms with Crippen LogP contribution in [-0.4, -0.2) is 42.1 Å². The predicted octanol–water partition coefficient (Wildman–Crippen LogP) is 1.31. The SMILES string of the molecule is CSCC[C@H](N)C(=O)NCCOc1ncccc1Cl. The molecule has 1 aromatic heterocycles. The van der Waals surface area contributed by atoms with Crippen molar-refractivity contribution >= 4 is 29.3 Å². The van der Waals surface area contributed by atoms with Crippen molar-refractivity contribution in [1.29, 1.82) is 0 Å². The van der Waals surface area contributed by atoms with Crippen LogP contribution in [0.5, 0.6) is 5.88 Å². The molecule has 3 N–H and O–H groups in total. The first kappa shape index (κ1) is 16.1. The van der Waals surface area contributed by atoms with E-state index in [0.29, 0.717) is 30.5 Å². The Hall–Kier alpha value is -0.980. The van der Waals surface area contributed by atoms with Crippen molar-refractivity contribution in [1.82, 2.24) is 10.3 Å². The van der Waals surface area contributed by atoms with E-state index in [0.717, 1.165) is 5.75 Å². The van der Waals surface area contributed by atoms with Gasteiger partial charge < -0.3 is 15.8 Å². The van der Waals surface area contributed by atoms with Crippen LogP contribution >= 0.6 is 23.4 Å². The molecule has 0 fully saturated rings. The summed E-state index contributed by atoms with van der Waals surface area (Å²) in [7, 11) is 0. The highest BCUT2D eigenvalue weighted by Gasteiger charge is 2.12. The molecule has 0 saturated heterocycles. The fraction of sp³-hybridized carbons (Fsp3) is 0.500. The highest BCUT2D eigenvalue weighted by molar-refractivity contribution is 7.98. The first-order chi connectivity index (χ1) is 9.15. The molecule has 1 aromatic rings. The zero-order valence-corrected chi connectivity index (χ0v) is 12.3. The maximum Gasteiger partial charge on any atom is 0.237 e. The fourth-order valence-corrected chi connectivity index (χ4v) is 1.97. The molecular formula is C12H18ClN3O2S. The van der Waals surface area contributed by atoms with Gasteiger partial charge in [0.2, 0.25) is 11.8 Å². The molecule has 1 heterocycles. The molecule has 0 spiro atoms. The molecule has 0 aliphatic rings. The Labute approximate surface area is 122 Å². The summed E-state index contributed by atoms with van der Waals surface area (Å²) >= 11 is 7.54. The summed E-state index contributed by atoms with van der Waals surface area (Å²) < 4.78 is 5.35. The highest BCUT2D eigenvalue weighted by Crippen LogP contribution is 2.19. The van der Waals surface area contributed by atoms with E-state index in [4.69, 9.17) is 22.1 Å². The Bertz CT molecular complexity index is 406. The summed E-state index contributed by atoms with van der Waals surface area (Å²) in [5.41, 5.74) is 5.72. The number of hydrogen-bond acceptors (Lipinski definition) is 5. The lowest BCUT2D eigenvalue weighted by molar-refractivity contribution is -0.122. The Kier molecular flexibility index (Phi) is 7.62. The minimum atomic E-state index is -0.467. The molecule has 0 aliphatic heterocycles. The first-order valence-electron chi connectivity index (χ1n) is 5.90. The maximum atomic E-state index is 11.6. The third-order valence-electron chi connectivity index (χ3n) is 2.33. The van der Waals surface area contributed by atoms with Crippen LogP contribution in [0, 0.1) is 0 Å². The van der Waals surface area contributed by atoms with Crippen molar-refractivity contribution in [3.8, 4) is 5.88 Å². The van der Waals surface area contributed by atoms with Crippen LogP contribution in [0.25, 0.3) is 0 Å². The van der Waals surface area contributed by atoms with Gasteiger partial charge in [-0.05, 0) is 30.6 Å². The fourth-order valence-electron chi connectivity index (χ4n) is 1.31. The molecule has 1 atom stereocenters. The van der Waals surface area contributed by atoms with E-state index in [2.05, 4.69) is 10.3 Å². The van der Waals surface area contributed by atoms with Crippen LogP contribution < -0.4 is 15.8 Å². The second kappa shape index (κ2) is 9.01. The normalized spacial score (nSPS) is 11.9. The molecule has 5 nitrogen and oxygen atoms in total. The van der Waals surface area contributed by atoms with Crippen molar-refractivity contribution in [2.75, 3.05) is 25.2 Å². The number of nitrogens with zero attached hydrogens (tertiary/aromatic N) is 1. The standard InChI is InChI=1S/C12H18ClN3O2S/c1-19-8-4-10(14)11(17)15-6-7-18-12-9(13)3-2-5-16-12/h2-3,5,10H,4,6-8,14H2,1H3,(H,15,17)/t10-/m0/s1. The molecular weight excluding hydrogens is 286 g/mol. The van der Waals surface area contributed by atoms with Crippen LogP contribution in [0.3, 0.4) is 0 Å². The molecule has 0 unspecified atom stereocenters. The molecule has 0 radical (unpaired) electrons. The molecule has 0 aromatic carbocycles. The van der Waals surface area contributed by atoms with Gasteiger partial charge in [-0.15, -0.1) is 0 Å². The first-order valence-corrected chi connectivity index (χ1v) is 7.68. The number of thioether (sulfide) groups is 1. The van der Waals surface area contributed by atoms with Gasteiger partial charge in [-0.25, -0.2) is 4.98 Å². The van der Waals surface area contributed by atoms with E-state index in [9.17, 15) is 4.79 Å². The number of nitrogens with one attached hydrogen (secondary N) is 1. The lowest BCUT2D eigenvalue weighted by atomic mass is 10.2. The van der Waals surface area contributed by atoms with Gasteiger partial charge >= 0.3 is 0 Å². The van der Waals surface area contributed by atoms with Gasteiger partial charge in [0.15, 0.2) is 0 Å². The molecule has 106 valence electrons. The highest BCUT2D eigenvalue weighted by atomic mass is 35.5. The predicted molar refractivity (Wildman–Crippen MR) is 78.7 cm³/mol. The van der Waals surface area contributed by atoms with Crippen LogP contribution in [-0.2, 0) is 4.79 Å². The Morgan fingerprint density at radius 2 is 2.47 bits per heavy atom. The number of amides is 1. The number of carbonyl (C=O) groups excluding carboxylic acids is 1. The number of halogens is 1. The van der Waals surface area contributed by atoms with Crippen molar-refractivity contribution in [3.63, 3.8) is 0 Å². The van der Waals surface area contributed by atoms with Crippen LogP contribution in [0.4, 0.5) is 0 Å². The third-order valence-corrected chi connectivity index (χ3v) is 3.27. The van der Waals surface area contributed by atoms with Crippen molar-refractivity contribution in [2.45, 2.75) is 12.5 Å². The van der Waals surface area contributed by atoms with Gasteiger partial charge in [0.25, 0.3) is 0 Å². The monoisotopic (exact) mass is 303 g/mol. The van der Waals surface area contributed by atoms with Gasteiger partial charge in [-0.3, -0.25) is 4.79 Å². The van der Waals surface area contributed by atoms with Crippen LogP contribution in [0.15, 0.2) is 18.3 Å². The second-order valence-corrected chi connectivity index (χ2v) is 5.21. The molecule has 7 heteroatoms. The largest absolute Gasteiger partial charge is 0.475 e. The van der Waals surface area contributed by atoms with Crippen molar-refractivity contribution in [3.05, 3.63) is 23.4 Å². The van der Waals surface area contributed by atoms with Crippen LogP contribution in [0.1, 0.15) is 6.42 Å². The molecule has 0 bridgehead atoms. The number of carbonyl (C=O) groups is 1. The van der Waals surface area contributed by atoms with Gasteiger partial charge in [0, 0.05) is 6.20 Å². The van der Waals surface area contributed by atoms with E-state index in [1.165, 1.54) is 0 Å². The lowest BCUT2D eigenvalue weighted by Gasteiger charge is -2.12. The van der Waals surface area contributed by atoms with Gasteiger partial charge in [0.1, 0.15) is 11.6 Å². The molecule has 0 saturated carbocycles. The summed E-state index contributed by atoms with van der Waals surface area (Å²) in [6.45, 7) is 0.677. The minimum absolute atomic E-state index is 0.162. The quantitative estimate of drug-likeness (QED) is 0.708. The zero-order chi connectivity index (χ0) is 14.1. The maximum absolute atomic E-state index is 11.6. The van der Waals surface area contributed by atoms with Gasteiger partial charge in [0.05, 0.1) is 12.6 Å². The molecule has 19 heavy (non-hydrogen) atoms. The van der Waals surface area contributed by atoms with E-state index in [-0.39, 0.29) is 5.91 Å². The Morgan fingerprint density at radius 3 is 3.16 bits per heavy atom. The number of pyridine rings is 1. The van der Waals surface area contributed by atoms with Crippen LogP contribution in [0.2, 0.25) is 5.02 Å². The summed E-state index contributed by atoms with van der Waals surface area (Å²) in [6, 6.07) is 2.95. The topological polar surface area (TPSA) is 77.2 Å². The third kappa shape index (κ3) is 6.13. The number of ether oxygens (including phenoxy) is 1. The van der Waals surface area contributed by atoms with Crippen molar-refractivity contribution < 1.29 is 9.53 Å². The average molecular weight is 304 g/mol. The average Bonchev–Trinajstić information content (AvgIpc) is 2.42. The number of aromatic nitrogens is 1. The summed E-state index contributed by atoms with van der Waals surface area (Å²) in [6.07, 6.45) is 4.24. The lowest BCUT2D eigenvalue weighted by Crippen LogP contribution is -2.42. The number of nitrogens with two attached hydrogens (primary N) is 1. The summed E-state index contributed by atoms with van der Waals surface area (Å²) in [4.78, 5) is 15.6. The second-order valence-electron chi connectivity index (χ2n) is 3.82. The van der Waals surface area contributed by atoms with Gasteiger partial charge in [-0.2, -0.15) is 11.8 Å². The smallest absolute Gasteiger partial charge is 0.237 e. The van der Waals surface area contributed by atoms with E-state index >= 15 is 0 Å². The van der Waals surface area contributed by atoms with Gasteiger partial charge in [-0.1, -0.05) is 11.6 Å². The Morgan fingerprint density at radius 1 is 1.68 bits per heavy atom. The Balaban J connectivity index is 2.20. The van der Waals surface area contributed by atoms with E-state index in [1.54, 1.807) is 30.1 Å². The molecule has 1 amide bonds.